The second-order valence-corrected chi connectivity index (χ2v) is 8.99. The molecule has 0 radical (unpaired) electrons. The van der Waals surface area contributed by atoms with Gasteiger partial charge >= 0.3 is 5.76 Å². The molecular formula is C21H26N2O3. The van der Waals surface area contributed by atoms with E-state index in [1.54, 1.807) is 6.07 Å². The molecule has 4 aliphatic rings. The van der Waals surface area contributed by atoms with Gasteiger partial charge in [-0.1, -0.05) is 12.1 Å². The lowest BCUT2D eigenvalue weighted by atomic mass is 9.48. The zero-order valence-corrected chi connectivity index (χ0v) is 15.2. The molecule has 138 valence electrons. The summed E-state index contributed by atoms with van der Waals surface area (Å²) in [5, 5.41) is 3.23. The third-order valence-corrected chi connectivity index (χ3v) is 7.26. The summed E-state index contributed by atoms with van der Waals surface area (Å²) in [5.74, 6) is 2.02. The summed E-state index contributed by atoms with van der Waals surface area (Å²) in [6.07, 6.45) is 7.97. The minimum atomic E-state index is -0.469. The quantitative estimate of drug-likeness (QED) is 0.916. The Kier molecular flexibility index (Phi) is 3.56. The monoisotopic (exact) mass is 354 g/mol. The molecule has 2 aromatic rings. The van der Waals surface area contributed by atoms with Crippen LogP contribution < -0.4 is 11.1 Å². The van der Waals surface area contributed by atoms with Gasteiger partial charge in [-0.3, -0.25) is 9.36 Å². The molecule has 4 fully saturated rings. The van der Waals surface area contributed by atoms with E-state index in [1.807, 2.05) is 18.2 Å². The molecule has 4 saturated carbocycles. The van der Waals surface area contributed by atoms with E-state index in [-0.39, 0.29) is 23.9 Å². The van der Waals surface area contributed by atoms with E-state index in [1.165, 1.54) is 43.1 Å². The Balaban J connectivity index is 1.32. The van der Waals surface area contributed by atoms with Gasteiger partial charge in [-0.05, 0) is 80.8 Å². The van der Waals surface area contributed by atoms with Crippen LogP contribution in [0.5, 0.6) is 0 Å². The Morgan fingerprint density at radius 2 is 1.81 bits per heavy atom. The molecule has 1 aromatic heterocycles. The number of fused-ring (bicyclic) bond motifs is 1. The Hall–Kier alpha value is -2.04. The minimum absolute atomic E-state index is 0.0204. The number of oxazole rings is 1. The summed E-state index contributed by atoms with van der Waals surface area (Å²) >= 11 is 0. The lowest BCUT2D eigenvalue weighted by Crippen LogP contribution is -2.56. The van der Waals surface area contributed by atoms with Crippen molar-refractivity contribution in [1.82, 2.24) is 9.88 Å². The standard InChI is InChI=1S/C21H26N2O3/c1-13(21-9-14-6-15(10-21)8-16(7-14)11-21)22-19(24)12-23-17-4-2-3-5-18(17)26-20(23)25/h2-5,13-16H,6-12H2,1H3,(H,22,24). The van der Waals surface area contributed by atoms with Crippen LogP contribution in [0.4, 0.5) is 0 Å². The highest BCUT2D eigenvalue weighted by Gasteiger charge is 2.53. The molecular weight excluding hydrogens is 328 g/mol. The normalized spacial score (nSPS) is 33.5. The van der Waals surface area contributed by atoms with Crippen LogP contribution in [0.1, 0.15) is 45.4 Å². The van der Waals surface area contributed by atoms with Gasteiger partial charge in [0.2, 0.25) is 5.91 Å². The number of para-hydroxylation sites is 2. The largest absolute Gasteiger partial charge is 0.420 e. The van der Waals surface area contributed by atoms with Crippen molar-refractivity contribution in [3.05, 3.63) is 34.8 Å². The lowest BCUT2D eigenvalue weighted by Gasteiger charge is -2.59. The van der Waals surface area contributed by atoms with Crippen LogP contribution in [0.3, 0.4) is 0 Å². The zero-order valence-electron chi connectivity index (χ0n) is 15.2. The van der Waals surface area contributed by atoms with Gasteiger partial charge in [0.15, 0.2) is 5.58 Å². The first-order valence-corrected chi connectivity index (χ1v) is 9.90. The summed E-state index contributed by atoms with van der Waals surface area (Å²) < 4.78 is 6.66. The molecule has 1 atom stereocenters. The van der Waals surface area contributed by atoms with E-state index in [0.717, 1.165) is 17.8 Å². The van der Waals surface area contributed by atoms with Gasteiger partial charge in [-0.15, -0.1) is 0 Å². The molecule has 0 saturated heterocycles. The molecule has 1 aromatic carbocycles. The fourth-order valence-electron chi connectivity index (χ4n) is 6.46. The fraction of sp³-hybridized carbons (Fsp3) is 0.619. The first-order valence-electron chi connectivity index (χ1n) is 9.90. The summed E-state index contributed by atoms with van der Waals surface area (Å²) in [7, 11) is 0. The van der Waals surface area contributed by atoms with Crippen LogP contribution in [0.2, 0.25) is 0 Å². The van der Waals surface area contributed by atoms with Crippen molar-refractivity contribution < 1.29 is 9.21 Å². The molecule has 1 amide bonds. The average Bonchev–Trinajstić information content (AvgIpc) is 2.89. The number of amides is 1. The molecule has 0 aliphatic heterocycles. The van der Waals surface area contributed by atoms with E-state index >= 15 is 0 Å². The van der Waals surface area contributed by atoms with E-state index in [9.17, 15) is 9.59 Å². The first kappa shape index (κ1) is 16.2. The number of aromatic nitrogens is 1. The maximum Gasteiger partial charge on any atom is 0.420 e. The summed E-state index contributed by atoms with van der Waals surface area (Å²) in [4.78, 5) is 24.8. The van der Waals surface area contributed by atoms with Crippen LogP contribution in [0.15, 0.2) is 33.5 Å². The van der Waals surface area contributed by atoms with Crippen molar-refractivity contribution in [3.8, 4) is 0 Å². The van der Waals surface area contributed by atoms with E-state index in [0.29, 0.717) is 11.1 Å². The second kappa shape index (κ2) is 5.73. The van der Waals surface area contributed by atoms with E-state index in [4.69, 9.17) is 4.42 Å². The molecule has 1 heterocycles. The number of benzene rings is 1. The van der Waals surface area contributed by atoms with Crippen molar-refractivity contribution >= 4 is 17.0 Å². The smallest absolute Gasteiger partial charge is 0.408 e. The van der Waals surface area contributed by atoms with Crippen molar-refractivity contribution in [2.24, 2.45) is 23.2 Å². The summed E-state index contributed by atoms with van der Waals surface area (Å²) in [6.45, 7) is 2.19. The maximum atomic E-state index is 12.7. The Bertz CT molecular complexity index is 874. The van der Waals surface area contributed by atoms with Gasteiger partial charge in [-0.2, -0.15) is 0 Å². The number of nitrogens with zero attached hydrogens (tertiary/aromatic N) is 1. The summed E-state index contributed by atoms with van der Waals surface area (Å²) in [5.41, 5.74) is 1.47. The fourth-order valence-corrected chi connectivity index (χ4v) is 6.46. The van der Waals surface area contributed by atoms with Gasteiger partial charge in [0.1, 0.15) is 6.54 Å². The molecule has 0 spiro atoms. The number of hydrogen-bond donors (Lipinski definition) is 1. The minimum Gasteiger partial charge on any atom is -0.408 e. The molecule has 5 heteroatoms. The number of nitrogens with one attached hydrogen (secondary N) is 1. The van der Waals surface area contributed by atoms with Crippen molar-refractivity contribution in [2.45, 2.75) is 58.0 Å². The maximum absolute atomic E-state index is 12.7. The molecule has 6 rings (SSSR count). The molecule has 1 N–H and O–H groups in total. The van der Waals surface area contributed by atoms with Crippen molar-refractivity contribution in [3.63, 3.8) is 0 Å². The van der Waals surface area contributed by atoms with Gasteiger partial charge < -0.3 is 9.73 Å². The third kappa shape index (κ3) is 2.51. The zero-order chi connectivity index (χ0) is 17.9. The van der Waals surface area contributed by atoms with E-state index in [2.05, 4.69) is 12.2 Å². The molecule has 5 nitrogen and oxygen atoms in total. The van der Waals surface area contributed by atoms with Crippen LogP contribution in [0.25, 0.3) is 11.1 Å². The second-order valence-electron chi connectivity index (χ2n) is 8.99. The average molecular weight is 354 g/mol. The van der Waals surface area contributed by atoms with Gasteiger partial charge in [0.05, 0.1) is 5.52 Å². The van der Waals surface area contributed by atoms with Gasteiger partial charge in [-0.25, -0.2) is 4.79 Å². The highest BCUT2D eigenvalue weighted by molar-refractivity contribution is 5.79. The number of rotatable bonds is 4. The summed E-state index contributed by atoms with van der Waals surface area (Å²) in [6, 6.07) is 7.41. The molecule has 26 heavy (non-hydrogen) atoms. The molecule has 4 aliphatic carbocycles. The van der Waals surface area contributed by atoms with E-state index < -0.39 is 5.76 Å². The lowest BCUT2D eigenvalue weighted by molar-refractivity contribution is -0.126. The van der Waals surface area contributed by atoms with Crippen LogP contribution in [-0.4, -0.2) is 16.5 Å². The van der Waals surface area contributed by atoms with Crippen LogP contribution in [-0.2, 0) is 11.3 Å². The Labute approximate surface area is 152 Å². The van der Waals surface area contributed by atoms with Crippen molar-refractivity contribution in [2.75, 3.05) is 0 Å². The van der Waals surface area contributed by atoms with Crippen LogP contribution in [0, 0.1) is 23.2 Å². The van der Waals surface area contributed by atoms with Crippen LogP contribution >= 0.6 is 0 Å². The Morgan fingerprint density at radius 3 is 2.46 bits per heavy atom. The number of hydrogen-bond acceptors (Lipinski definition) is 3. The molecule has 1 unspecified atom stereocenters. The predicted octanol–water partition coefficient (Wildman–Crippen LogP) is 3.32. The SMILES string of the molecule is CC(NC(=O)Cn1c(=O)oc2ccccc21)C12CC3CC(CC(C3)C1)C2. The van der Waals surface area contributed by atoms with Gasteiger partial charge in [0, 0.05) is 6.04 Å². The van der Waals surface area contributed by atoms with Crippen molar-refractivity contribution in [1.29, 1.82) is 0 Å². The Morgan fingerprint density at radius 1 is 1.19 bits per heavy atom. The first-order chi connectivity index (χ1) is 12.5. The predicted molar refractivity (Wildman–Crippen MR) is 98.7 cm³/mol. The number of carbonyl (C=O) groups excluding carboxylic acids is 1. The highest BCUT2D eigenvalue weighted by atomic mass is 16.4. The molecule has 4 bridgehead atoms. The number of carbonyl (C=O) groups is 1. The topological polar surface area (TPSA) is 64.2 Å². The third-order valence-electron chi connectivity index (χ3n) is 7.26. The highest BCUT2D eigenvalue weighted by Crippen LogP contribution is 2.61. The van der Waals surface area contributed by atoms with Gasteiger partial charge in [0.25, 0.3) is 0 Å².